The summed E-state index contributed by atoms with van der Waals surface area (Å²) in [4.78, 5) is 13.6. The highest BCUT2D eigenvalue weighted by molar-refractivity contribution is 6.39. The van der Waals surface area contributed by atoms with Crippen LogP contribution < -0.4 is 11.3 Å². The molecule has 2 aromatic rings. The van der Waals surface area contributed by atoms with E-state index in [9.17, 15) is 4.79 Å². The fourth-order valence-electron chi connectivity index (χ4n) is 1.42. The first kappa shape index (κ1) is 11.0. The standard InChI is InChI=1S/C11H8Cl2N2O/c12-7-2-1-3-8(13)10(7)6-4-9(14)11(16)15-5-6/h1-5H,14H2,(H,15,16). The molecule has 2 rings (SSSR count). The Labute approximate surface area is 102 Å². The van der Waals surface area contributed by atoms with E-state index >= 15 is 0 Å². The summed E-state index contributed by atoms with van der Waals surface area (Å²) in [6.07, 6.45) is 1.53. The minimum atomic E-state index is -0.327. The molecule has 1 heterocycles. The van der Waals surface area contributed by atoms with E-state index in [2.05, 4.69) is 4.98 Å². The van der Waals surface area contributed by atoms with Gasteiger partial charge >= 0.3 is 0 Å². The van der Waals surface area contributed by atoms with Gasteiger partial charge in [0.1, 0.15) is 0 Å². The van der Waals surface area contributed by atoms with Crippen LogP contribution in [-0.4, -0.2) is 4.98 Å². The number of nitrogens with one attached hydrogen (secondary N) is 1. The molecule has 0 aliphatic carbocycles. The molecule has 0 atom stereocenters. The molecule has 0 aliphatic rings. The average molecular weight is 255 g/mol. The summed E-state index contributed by atoms with van der Waals surface area (Å²) >= 11 is 12.1. The molecule has 82 valence electrons. The summed E-state index contributed by atoms with van der Waals surface area (Å²) in [6, 6.07) is 6.75. The molecule has 0 amide bonds. The van der Waals surface area contributed by atoms with Crippen molar-refractivity contribution in [2.24, 2.45) is 0 Å². The molecule has 16 heavy (non-hydrogen) atoms. The number of rotatable bonds is 1. The Morgan fingerprint density at radius 1 is 1.19 bits per heavy atom. The number of benzene rings is 1. The third-order valence-corrected chi connectivity index (χ3v) is 2.81. The number of aromatic nitrogens is 1. The van der Waals surface area contributed by atoms with Gasteiger partial charge in [-0.3, -0.25) is 4.79 Å². The van der Waals surface area contributed by atoms with Gasteiger partial charge in [-0.1, -0.05) is 29.3 Å². The fraction of sp³-hybridized carbons (Fsp3) is 0. The van der Waals surface area contributed by atoms with E-state index in [1.54, 1.807) is 24.3 Å². The maximum Gasteiger partial charge on any atom is 0.271 e. The molecule has 0 unspecified atom stereocenters. The molecule has 0 saturated carbocycles. The number of nitrogen functional groups attached to an aromatic ring is 1. The van der Waals surface area contributed by atoms with E-state index in [4.69, 9.17) is 28.9 Å². The Hall–Kier alpha value is -1.45. The highest BCUT2D eigenvalue weighted by atomic mass is 35.5. The number of pyridine rings is 1. The molecule has 0 spiro atoms. The minimum absolute atomic E-state index is 0.133. The first-order valence-electron chi connectivity index (χ1n) is 4.52. The summed E-state index contributed by atoms with van der Waals surface area (Å²) in [5.74, 6) is 0. The molecule has 5 heteroatoms. The topological polar surface area (TPSA) is 58.9 Å². The smallest absolute Gasteiger partial charge is 0.271 e. The lowest BCUT2D eigenvalue weighted by molar-refractivity contribution is 1.25. The monoisotopic (exact) mass is 254 g/mol. The SMILES string of the molecule is Nc1cc(-c2c(Cl)cccc2Cl)c[nH]c1=O. The van der Waals surface area contributed by atoms with Crippen LogP contribution in [0.1, 0.15) is 0 Å². The van der Waals surface area contributed by atoms with Crippen molar-refractivity contribution >= 4 is 28.9 Å². The Morgan fingerprint density at radius 3 is 2.38 bits per heavy atom. The molecule has 0 aliphatic heterocycles. The average Bonchev–Trinajstić information content (AvgIpc) is 2.23. The van der Waals surface area contributed by atoms with Crippen LogP contribution in [-0.2, 0) is 0 Å². The van der Waals surface area contributed by atoms with E-state index in [1.165, 1.54) is 6.20 Å². The zero-order valence-electron chi connectivity index (χ0n) is 8.13. The third-order valence-electron chi connectivity index (χ3n) is 2.18. The molecular formula is C11H8Cl2N2O. The summed E-state index contributed by atoms with van der Waals surface area (Å²) < 4.78 is 0. The van der Waals surface area contributed by atoms with Crippen LogP contribution in [0.4, 0.5) is 5.69 Å². The largest absolute Gasteiger partial charge is 0.394 e. The van der Waals surface area contributed by atoms with Gasteiger partial charge in [-0.25, -0.2) is 0 Å². The molecule has 0 saturated heterocycles. The lowest BCUT2D eigenvalue weighted by atomic mass is 10.1. The molecule has 3 N–H and O–H groups in total. The van der Waals surface area contributed by atoms with Gasteiger partial charge in [-0.15, -0.1) is 0 Å². The molecule has 0 bridgehead atoms. The molecule has 0 radical (unpaired) electrons. The first-order chi connectivity index (χ1) is 7.59. The van der Waals surface area contributed by atoms with Crippen molar-refractivity contribution < 1.29 is 0 Å². The van der Waals surface area contributed by atoms with Crippen molar-refractivity contribution in [3.05, 3.63) is 50.9 Å². The Bertz CT molecular complexity index is 573. The van der Waals surface area contributed by atoms with Gasteiger partial charge in [-0.05, 0) is 18.2 Å². The van der Waals surface area contributed by atoms with Gasteiger partial charge in [0.15, 0.2) is 0 Å². The van der Waals surface area contributed by atoms with E-state index in [-0.39, 0.29) is 11.2 Å². The number of hydrogen-bond acceptors (Lipinski definition) is 2. The first-order valence-corrected chi connectivity index (χ1v) is 5.28. The second kappa shape index (κ2) is 4.20. The van der Waals surface area contributed by atoms with Crippen LogP contribution in [0.25, 0.3) is 11.1 Å². The van der Waals surface area contributed by atoms with Crippen LogP contribution in [0.3, 0.4) is 0 Å². The number of anilines is 1. The highest BCUT2D eigenvalue weighted by Crippen LogP contribution is 2.34. The highest BCUT2D eigenvalue weighted by Gasteiger charge is 2.09. The van der Waals surface area contributed by atoms with Gasteiger partial charge < -0.3 is 10.7 Å². The predicted octanol–water partition coefficient (Wildman–Crippen LogP) is 2.93. The van der Waals surface area contributed by atoms with Gasteiger partial charge in [0, 0.05) is 27.4 Å². The van der Waals surface area contributed by atoms with Crippen molar-refractivity contribution in [1.82, 2.24) is 4.98 Å². The van der Waals surface area contributed by atoms with Crippen LogP contribution in [0.2, 0.25) is 10.0 Å². The van der Waals surface area contributed by atoms with Gasteiger partial charge in [0.25, 0.3) is 5.56 Å². The van der Waals surface area contributed by atoms with Crippen molar-refractivity contribution in [2.75, 3.05) is 5.73 Å². The molecular weight excluding hydrogens is 247 g/mol. The van der Waals surface area contributed by atoms with Gasteiger partial charge in [0.2, 0.25) is 0 Å². The summed E-state index contributed by atoms with van der Waals surface area (Å²) in [5, 5.41) is 1.03. The molecule has 0 fully saturated rings. The summed E-state index contributed by atoms with van der Waals surface area (Å²) in [7, 11) is 0. The van der Waals surface area contributed by atoms with Gasteiger partial charge in [-0.2, -0.15) is 0 Å². The second-order valence-electron chi connectivity index (χ2n) is 3.27. The number of hydrogen-bond donors (Lipinski definition) is 2. The van der Waals surface area contributed by atoms with E-state index < -0.39 is 0 Å². The lowest BCUT2D eigenvalue weighted by Crippen LogP contribution is -2.10. The van der Waals surface area contributed by atoms with Crippen LogP contribution >= 0.6 is 23.2 Å². The summed E-state index contributed by atoms with van der Waals surface area (Å²) in [5.41, 5.74) is 6.68. The lowest BCUT2D eigenvalue weighted by Gasteiger charge is -2.07. The number of H-pyrrole nitrogens is 1. The number of halogens is 2. The van der Waals surface area contributed by atoms with Crippen LogP contribution in [0.15, 0.2) is 35.3 Å². The molecule has 1 aromatic heterocycles. The van der Waals surface area contributed by atoms with E-state index in [1.807, 2.05) is 0 Å². The number of nitrogens with two attached hydrogens (primary N) is 1. The van der Waals surface area contributed by atoms with Crippen molar-refractivity contribution in [3.8, 4) is 11.1 Å². The maximum atomic E-state index is 11.1. The second-order valence-corrected chi connectivity index (χ2v) is 4.08. The zero-order chi connectivity index (χ0) is 11.7. The molecule has 3 nitrogen and oxygen atoms in total. The molecule has 1 aromatic carbocycles. The zero-order valence-corrected chi connectivity index (χ0v) is 9.64. The van der Waals surface area contributed by atoms with Gasteiger partial charge in [0.05, 0.1) is 5.69 Å². The van der Waals surface area contributed by atoms with E-state index in [0.717, 1.165) is 0 Å². The fourth-order valence-corrected chi connectivity index (χ4v) is 2.03. The van der Waals surface area contributed by atoms with Crippen molar-refractivity contribution in [1.29, 1.82) is 0 Å². The minimum Gasteiger partial charge on any atom is -0.394 e. The third kappa shape index (κ3) is 1.92. The predicted molar refractivity (Wildman–Crippen MR) is 66.9 cm³/mol. The number of aromatic amines is 1. The Kier molecular flexibility index (Phi) is 2.90. The maximum absolute atomic E-state index is 11.1. The summed E-state index contributed by atoms with van der Waals surface area (Å²) in [6.45, 7) is 0. The van der Waals surface area contributed by atoms with Crippen LogP contribution in [0.5, 0.6) is 0 Å². The normalized spacial score (nSPS) is 10.4. The quantitative estimate of drug-likeness (QED) is 0.822. The van der Waals surface area contributed by atoms with Crippen LogP contribution in [0, 0.1) is 0 Å². The van der Waals surface area contributed by atoms with Crippen molar-refractivity contribution in [3.63, 3.8) is 0 Å². The Morgan fingerprint density at radius 2 is 1.81 bits per heavy atom. The Balaban J connectivity index is 2.68. The van der Waals surface area contributed by atoms with E-state index in [0.29, 0.717) is 21.2 Å². The van der Waals surface area contributed by atoms with Crippen molar-refractivity contribution in [2.45, 2.75) is 0 Å².